The third kappa shape index (κ3) is 3.36. The van der Waals surface area contributed by atoms with Crippen molar-refractivity contribution in [1.82, 2.24) is 4.72 Å². The number of ether oxygens (including phenoxy) is 1. The fraction of sp³-hybridized carbons (Fsp3) is 0.455. The summed E-state index contributed by atoms with van der Waals surface area (Å²) in [6, 6.07) is 4.22. The molecule has 1 aliphatic rings. The molecule has 0 amide bonds. The lowest BCUT2D eigenvalue weighted by Gasteiger charge is -2.11. The standard InChI is InChI=1S/C11H13Cl2NO3S/c12-10-4-3-9(6-11(10)13)18(15,16)14-7-8-2-1-5-17-8/h3-4,6,8,14H,1-2,5,7H2/t8-/m1/s1. The Morgan fingerprint density at radius 1 is 1.33 bits per heavy atom. The van der Waals surface area contributed by atoms with Crippen molar-refractivity contribution in [3.8, 4) is 0 Å². The third-order valence-electron chi connectivity index (χ3n) is 2.73. The highest BCUT2D eigenvalue weighted by atomic mass is 35.5. The second kappa shape index (κ2) is 5.75. The normalized spacial score (nSPS) is 20.2. The number of hydrogen-bond donors (Lipinski definition) is 1. The minimum atomic E-state index is -3.56. The van der Waals surface area contributed by atoms with Crippen molar-refractivity contribution in [1.29, 1.82) is 0 Å². The number of rotatable bonds is 4. The van der Waals surface area contributed by atoms with Crippen LogP contribution in [-0.4, -0.2) is 27.7 Å². The van der Waals surface area contributed by atoms with Crippen LogP contribution >= 0.6 is 23.2 Å². The summed E-state index contributed by atoms with van der Waals surface area (Å²) >= 11 is 11.5. The average molecular weight is 310 g/mol. The first kappa shape index (κ1) is 14.1. The molecule has 0 bridgehead atoms. The van der Waals surface area contributed by atoms with Gasteiger partial charge in [-0.2, -0.15) is 0 Å². The summed E-state index contributed by atoms with van der Waals surface area (Å²) in [7, 11) is -3.56. The Balaban J connectivity index is 2.07. The minimum absolute atomic E-state index is 0.0393. The van der Waals surface area contributed by atoms with E-state index in [1.54, 1.807) is 0 Å². The van der Waals surface area contributed by atoms with E-state index in [1.165, 1.54) is 18.2 Å². The molecular formula is C11H13Cl2NO3S. The van der Waals surface area contributed by atoms with Gasteiger partial charge in [0.05, 0.1) is 21.0 Å². The molecule has 1 atom stereocenters. The second-order valence-electron chi connectivity index (χ2n) is 4.06. The third-order valence-corrected chi connectivity index (χ3v) is 4.89. The van der Waals surface area contributed by atoms with E-state index in [2.05, 4.69) is 4.72 Å². The van der Waals surface area contributed by atoms with Gasteiger partial charge in [0.25, 0.3) is 0 Å². The van der Waals surface area contributed by atoms with Crippen molar-refractivity contribution in [2.75, 3.05) is 13.2 Å². The van der Waals surface area contributed by atoms with Crippen molar-refractivity contribution >= 4 is 33.2 Å². The minimum Gasteiger partial charge on any atom is -0.377 e. The summed E-state index contributed by atoms with van der Waals surface area (Å²) in [6.07, 6.45) is 1.81. The second-order valence-corrected chi connectivity index (χ2v) is 6.64. The molecular weight excluding hydrogens is 297 g/mol. The Morgan fingerprint density at radius 3 is 2.72 bits per heavy atom. The van der Waals surface area contributed by atoms with Crippen LogP contribution in [0.2, 0.25) is 10.0 Å². The molecule has 1 fully saturated rings. The average Bonchev–Trinajstić information content (AvgIpc) is 2.83. The van der Waals surface area contributed by atoms with E-state index >= 15 is 0 Å². The van der Waals surface area contributed by atoms with Gasteiger partial charge >= 0.3 is 0 Å². The van der Waals surface area contributed by atoms with Crippen LogP contribution in [0.4, 0.5) is 0 Å². The smallest absolute Gasteiger partial charge is 0.240 e. The van der Waals surface area contributed by atoms with Gasteiger partial charge in [-0.25, -0.2) is 13.1 Å². The van der Waals surface area contributed by atoms with E-state index in [0.717, 1.165) is 12.8 Å². The lowest BCUT2D eigenvalue weighted by molar-refractivity contribution is 0.114. The summed E-state index contributed by atoms with van der Waals surface area (Å²) in [5, 5.41) is 0.548. The first-order chi connectivity index (χ1) is 8.49. The molecule has 0 aromatic heterocycles. The Bertz CT molecular complexity index is 527. The molecule has 1 aliphatic heterocycles. The van der Waals surface area contributed by atoms with Crippen LogP contribution in [0.1, 0.15) is 12.8 Å². The quantitative estimate of drug-likeness (QED) is 0.929. The maximum Gasteiger partial charge on any atom is 0.240 e. The van der Waals surface area contributed by atoms with Crippen molar-refractivity contribution < 1.29 is 13.2 Å². The number of benzene rings is 1. The summed E-state index contributed by atoms with van der Waals surface area (Å²) < 4.78 is 31.8. The van der Waals surface area contributed by atoms with Crippen LogP contribution in [0.25, 0.3) is 0 Å². The highest BCUT2D eigenvalue weighted by molar-refractivity contribution is 7.89. The predicted molar refractivity (Wildman–Crippen MR) is 70.6 cm³/mol. The van der Waals surface area contributed by atoms with E-state index in [0.29, 0.717) is 11.6 Å². The Labute approximate surface area is 116 Å². The topological polar surface area (TPSA) is 55.4 Å². The molecule has 2 rings (SSSR count). The van der Waals surface area contributed by atoms with Crippen LogP contribution in [0.5, 0.6) is 0 Å². The van der Waals surface area contributed by atoms with Crippen molar-refractivity contribution in [2.24, 2.45) is 0 Å². The highest BCUT2D eigenvalue weighted by Gasteiger charge is 2.20. The molecule has 0 spiro atoms. The van der Waals surface area contributed by atoms with Gasteiger partial charge < -0.3 is 4.74 Å². The summed E-state index contributed by atoms with van der Waals surface area (Å²) in [6.45, 7) is 0.974. The first-order valence-corrected chi connectivity index (χ1v) is 7.79. The van der Waals surface area contributed by atoms with Gasteiger partial charge in [0.2, 0.25) is 10.0 Å². The predicted octanol–water partition coefficient (Wildman–Crippen LogP) is 2.45. The molecule has 18 heavy (non-hydrogen) atoms. The van der Waals surface area contributed by atoms with Crippen LogP contribution < -0.4 is 4.72 Å². The monoisotopic (exact) mass is 309 g/mol. The van der Waals surface area contributed by atoms with E-state index in [-0.39, 0.29) is 22.6 Å². The number of sulfonamides is 1. The van der Waals surface area contributed by atoms with Gasteiger partial charge in [-0.15, -0.1) is 0 Å². The number of hydrogen-bond acceptors (Lipinski definition) is 3. The van der Waals surface area contributed by atoms with Crippen molar-refractivity contribution in [2.45, 2.75) is 23.8 Å². The zero-order chi connectivity index (χ0) is 13.2. The summed E-state index contributed by atoms with van der Waals surface area (Å²) in [5.74, 6) is 0. The van der Waals surface area contributed by atoms with E-state index in [1.807, 2.05) is 0 Å². The Kier molecular flexibility index (Phi) is 4.50. The van der Waals surface area contributed by atoms with Gasteiger partial charge in [-0.1, -0.05) is 23.2 Å². The summed E-state index contributed by atoms with van der Waals surface area (Å²) in [5.41, 5.74) is 0. The molecule has 7 heteroatoms. The van der Waals surface area contributed by atoms with Crippen LogP contribution in [0, 0.1) is 0 Å². The molecule has 0 saturated carbocycles. The Morgan fingerprint density at radius 2 is 2.11 bits per heavy atom. The van der Waals surface area contributed by atoms with Gasteiger partial charge in [0, 0.05) is 13.2 Å². The molecule has 1 N–H and O–H groups in total. The highest BCUT2D eigenvalue weighted by Crippen LogP contribution is 2.24. The van der Waals surface area contributed by atoms with Crippen LogP contribution in [-0.2, 0) is 14.8 Å². The molecule has 1 heterocycles. The molecule has 1 aromatic rings. The molecule has 1 aromatic carbocycles. The lowest BCUT2D eigenvalue weighted by Crippen LogP contribution is -2.31. The first-order valence-electron chi connectivity index (χ1n) is 5.55. The van der Waals surface area contributed by atoms with Crippen molar-refractivity contribution in [3.63, 3.8) is 0 Å². The summed E-state index contributed by atoms with van der Waals surface area (Å²) in [4.78, 5) is 0.106. The van der Waals surface area contributed by atoms with Gasteiger partial charge in [-0.05, 0) is 31.0 Å². The molecule has 4 nitrogen and oxygen atoms in total. The maximum absolute atomic E-state index is 12.0. The van der Waals surface area contributed by atoms with Crippen molar-refractivity contribution in [3.05, 3.63) is 28.2 Å². The lowest BCUT2D eigenvalue weighted by atomic mass is 10.2. The SMILES string of the molecule is O=S(=O)(NC[C@H]1CCCO1)c1ccc(Cl)c(Cl)c1. The fourth-order valence-electron chi connectivity index (χ4n) is 1.74. The molecule has 0 radical (unpaired) electrons. The zero-order valence-corrected chi connectivity index (χ0v) is 11.9. The number of nitrogens with one attached hydrogen (secondary N) is 1. The van der Waals surface area contributed by atoms with Crippen LogP contribution in [0.3, 0.4) is 0 Å². The largest absolute Gasteiger partial charge is 0.377 e. The molecule has 100 valence electrons. The van der Waals surface area contributed by atoms with Gasteiger partial charge in [0.1, 0.15) is 0 Å². The Hall–Kier alpha value is -0.330. The van der Waals surface area contributed by atoms with Gasteiger partial charge in [-0.3, -0.25) is 0 Å². The van der Waals surface area contributed by atoms with Gasteiger partial charge in [0.15, 0.2) is 0 Å². The van der Waals surface area contributed by atoms with E-state index in [4.69, 9.17) is 27.9 Å². The molecule has 1 saturated heterocycles. The maximum atomic E-state index is 12.0. The number of halogens is 2. The fourth-order valence-corrected chi connectivity index (χ4v) is 3.19. The van der Waals surface area contributed by atoms with E-state index < -0.39 is 10.0 Å². The molecule has 0 unspecified atom stereocenters. The zero-order valence-electron chi connectivity index (χ0n) is 9.53. The molecule has 0 aliphatic carbocycles. The van der Waals surface area contributed by atoms with Crippen LogP contribution in [0.15, 0.2) is 23.1 Å². The van der Waals surface area contributed by atoms with E-state index in [9.17, 15) is 8.42 Å².